The van der Waals surface area contributed by atoms with Crippen LogP contribution in [0, 0.1) is 5.92 Å². The number of hydrogen-bond donors (Lipinski definition) is 2. The summed E-state index contributed by atoms with van der Waals surface area (Å²) in [5, 5.41) is 11.8. The van der Waals surface area contributed by atoms with E-state index in [9.17, 15) is 14.7 Å². The largest absolute Gasteiger partial charge is 0.480 e. The van der Waals surface area contributed by atoms with E-state index in [1.165, 1.54) is 5.56 Å². The Morgan fingerprint density at radius 2 is 1.95 bits per heavy atom. The number of nitrogens with one attached hydrogen (secondary N) is 1. The highest BCUT2D eigenvalue weighted by atomic mass is 16.4. The molecule has 0 aromatic heterocycles. The van der Waals surface area contributed by atoms with E-state index >= 15 is 0 Å². The molecule has 0 bridgehead atoms. The summed E-state index contributed by atoms with van der Waals surface area (Å²) in [5.41, 5.74) is 2.40. The van der Waals surface area contributed by atoms with E-state index in [0.717, 1.165) is 12.0 Å². The maximum Gasteiger partial charge on any atom is 0.326 e. The van der Waals surface area contributed by atoms with Crippen LogP contribution in [0.1, 0.15) is 31.4 Å². The van der Waals surface area contributed by atoms with Crippen LogP contribution in [0.25, 0.3) is 0 Å². The first kappa shape index (κ1) is 15.4. The van der Waals surface area contributed by atoms with Crippen molar-refractivity contribution in [2.24, 2.45) is 5.92 Å². The Bertz CT molecular complexity index is 528. The van der Waals surface area contributed by atoms with E-state index in [4.69, 9.17) is 0 Å². The fraction of sp³-hybridized carbons (Fsp3) is 0.500. The topological polar surface area (TPSA) is 69.6 Å². The lowest BCUT2D eigenvalue weighted by atomic mass is 10.00. The molecule has 1 aliphatic heterocycles. The van der Waals surface area contributed by atoms with Crippen LogP contribution in [0.3, 0.4) is 0 Å². The average Bonchev–Trinajstić information content (AvgIpc) is 2.45. The summed E-state index contributed by atoms with van der Waals surface area (Å²) in [7, 11) is 0. The molecule has 114 valence electrons. The second-order valence-electron chi connectivity index (χ2n) is 5.91. The molecule has 1 heterocycles. The zero-order chi connectivity index (χ0) is 15.4. The molecule has 2 N–H and O–H groups in total. The molecule has 2 amide bonds. The van der Waals surface area contributed by atoms with Crippen LogP contribution in [-0.4, -0.2) is 34.6 Å². The molecular weight excluding hydrogens is 268 g/mol. The highest BCUT2D eigenvalue weighted by molar-refractivity contribution is 5.82. The first-order valence-electron chi connectivity index (χ1n) is 7.32. The van der Waals surface area contributed by atoms with Crippen molar-refractivity contribution in [3.63, 3.8) is 0 Å². The van der Waals surface area contributed by atoms with Gasteiger partial charge in [-0.25, -0.2) is 9.59 Å². The van der Waals surface area contributed by atoms with E-state index < -0.39 is 12.0 Å². The van der Waals surface area contributed by atoms with Gasteiger partial charge in [-0.1, -0.05) is 38.1 Å². The van der Waals surface area contributed by atoms with Crippen molar-refractivity contribution in [2.75, 3.05) is 6.54 Å². The number of carboxylic acid groups (broad SMARTS) is 1. The Morgan fingerprint density at radius 3 is 2.57 bits per heavy atom. The third kappa shape index (κ3) is 3.97. The highest BCUT2D eigenvalue weighted by Crippen LogP contribution is 2.18. The lowest BCUT2D eigenvalue weighted by molar-refractivity contribution is -0.139. The van der Waals surface area contributed by atoms with Gasteiger partial charge in [0.1, 0.15) is 6.04 Å². The highest BCUT2D eigenvalue weighted by Gasteiger charge is 2.26. The summed E-state index contributed by atoms with van der Waals surface area (Å²) in [4.78, 5) is 25.2. The van der Waals surface area contributed by atoms with Gasteiger partial charge in [0.2, 0.25) is 0 Å². The fourth-order valence-corrected chi connectivity index (χ4v) is 2.60. The number of nitrogens with zero attached hydrogens (tertiary/aromatic N) is 1. The van der Waals surface area contributed by atoms with Crippen LogP contribution in [0.5, 0.6) is 0 Å². The molecule has 0 saturated heterocycles. The van der Waals surface area contributed by atoms with Gasteiger partial charge in [-0.05, 0) is 29.9 Å². The summed E-state index contributed by atoms with van der Waals surface area (Å²) in [5.74, 6) is -0.761. The van der Waals surface area contributed by atoms with E-state index in [0.29, 0.717) is 19.5 Å². The van der Waals surface area contributed by atoms with Crippen LogP contribution in [0.2, 0.25) is 0 Å². The summed E-state index contributed by atoms with van der Waals surface area (Å²) in [6, 6.07) is 6.92. The van der Waals surface area contributed by atoms with E-state index in [2.05, 4.69) is 11.4 Å². The first-order chi connectivity index (χ1) is 9.97. The molecule has 1 unspecified atom stereocenters. The molecule has 1 aromatic carbocycles. The quantitative estimate of drug-likeness (QED) is 0.893. The summed E-state index contributed by atoms with van der Waals surface area (Å²) in [6.45, 7) is 5.05. The minimum absolute atomic E-state index is 0.216. The zero-order valence-corrected chi connectivity index (χ0v) is 12.5. The maximum absolute atomic E-state index is 12.3. The lowest BCUT2D eigenvalue weighted by Gasteiger charge is -2.30. The number of carbonyl (C=O) groups is 2. The second-order valence-corrected chi connectivity index (χ2v) is 5.91. The van der Waals surface area contributed by atoms with Gasteiger partial charge in [-0.2, -0.15) is 0 Å². The van der Waals surface area contributed by atoms with Gasteiger partial charge in [-0.15, -0.1) is 0 Å². The third-order valence-electron chi connectivity index (χ3n) is 3.72. The number of fused-ring (bicyclic) bond motifs is 1. The normalized spacial score (nSPS) is 15.5. The molecule has 2 rings (SSSR count). The van der Waals surface area contributed by atoms with Gasteiger partial charge >= 0.3 is 12.0 Å². The molecule has 21 heavy (non-hydrogen) atoms. The van der Waals surface area contributed by atoms with Gasteiger partial charge in [0, 0.05) is 13.1 Å². The Balaban J connectivity index is 1.99. The van der Waals surface area contributed by atoms with Crippen molar-refractivity contribution in [1.29, 1.82) is 0 Å². The number of carboxylic acids is 1. The minimum atomic E-state index is -0.977. The second kappa shape index (κ2) is 6.61. The minimum Gasteiger partial charge on any atom is -0.480 e. The predicted octanol–water partition coefficient (Wildman–Crippen LogP) is 2.25. The maximum atomic E-state index is 12.3. The number of benzene rings is 1. The predicted molar refractivity (Wildman–Crippen MR) is 80.0 cm³/mol. The van der Waals surface area contributed by atoms with Crippen molar-refractivity contribution >= 4 is 12.0 Å². The Hall–Kier alpha value is -2.04. The Kier molecular flexibility index (Phi) is 4.83. The monoisotopic (exact) mass is 290 g/mol. The summed E-state index contributed by atoms with van der Waals surface area (Å²) < 4.78 is 0. The molecule has 5 heteroatoms. The molecule has 0 spiro atoms. The molecule has 0 saturated carbocycles. The van der Waals surface area contributed by atoms with Gasteiger partial charge in [0.05, 0.1) is 0 Å². The first-order valence-corrected chi connectivity index (χ1v) is 7.32. The number of rotatable bonds is 4. The van der Waals surface area contributed by atoms with Crippen molar-refractivity contribution in [3.05, 3.63) is 35.4 Å². The van der Waals surface area contributed by atoms with Crippen molar-refractivity contribution in [3.8, 4) is 0 Å². The van der Waals surface area contributed by atoms with Crippen molar-refractivity contribution in [1.82, 2.24) is 10.2 Å². The average molecular weight is 290 g/mol. The van der Waals surface area contributed by atoms with Crippen molar-refractivity contribution < 1.29 is 14.7 Å². The molecule has 0 fully saturated rings. The van der Waals surface area contributed by atoms with E-state index in [1.54, 1.807) is 4.90 Å². The van der Waals surface area contributed by atoms with E-state index in [-0.39, 0.29) is 11.9 Å². The van der Waals surface area contributed by atoms with Crippen LogP contribution in [0.4, 0.5) is 4.79 Å². The smallest absolute Gasteiger partial charge is 0.326 e. The molecular formula is C16H22N2O3. The molecule has 1 aliphatic rings. The van der Waals surface area contributed by atoms with E-state index in [1.807, 2.05) is 32.0 Å². The molecule has 0 radical (unpaired) electrons. The Labute approximate surface area is 125 Å². The zero-order valence-electron chi connectivity index (χ0n) is 12.5. The Morgan fingerprint density at radius 1 is 1.29 bits per heavy atom. The third-order valence-corrected chi connectivity index (χ3v) is 3.72. The number of carbonyl (C=O) groups excluding carboxylic acids is 1. The summed E-state index contributed by atoms with van der Waals surface area (Å²) >= 11 is 0. The molecule has 5 nitrogen and oxygen atoms in total. The number of urea groups is 1. The van der Waals surface area contributed by atoms with Gasteiger partial charge in [-0.3, -0.25) is 0 Å². The summed E-state index contributed by atoms with van der Waals surface area (Å²) in [6.07, 6.45) is 1.25. The molecule has 0 aliphatic carbocycles. The SMILES string of the molecule is CC(C)CC(NC(=O)N1CCc2ccccc2C1)C(=O)O. The van der Waals surface area contributed by atoms with Crippen LogP contribution in [-0.2, 0) is 17.8 Å². The van der Waals surface area contributed by atoms with Crippen LogP contribution >= 0.6 is 0 Å². The lowest BCUT2D eigenvalue weighted by Crippen LogP contribution is -2.49. The number of hydrogen-bond acceptors (Lipinski definition) is 2. The van der Waals surface area contributed by atoms with Crippen molar-refractivity contribution in [2.45, 2.75) is 39.3 Å². The van der Waals surface area contributed by atoms with Crippen LogP contribution < -0.4 is 5.32 Å². The number of amides is 2. The molecule has 1 atom stereocenters. The number of aliphatic carboxylic acids is 1. The van der Waals surface area contributed by atoms with Gasteiger partial charge in [0.15, 0.2) is 0 Å². The fourth-order valence-electron chi connectivity index (χ4n) is 2.60. The standard InChI is InChI=1S/C16H22N2O3/c1-11(2)9-14(15(19)20)17-16(21)18-8-7-12-5-3-4-6-13(12)10-18/h3-6,11,14H,7-10H2,1-2H3,(H,17,21)(H,19,20). The van der Waals surface area contributed by atoms with Gasteiger partial charge in [0.25, 0.3) is 0 Å². The van der Waals surface area contributed by atoms with Crippen LogP contribution in [0.15, 0.2) is 24.3 Å². The molecule has 1 aromatic rings. The van der Waals surface area contributed by atoms with Gasteiger partial charge < -0.3 is 15.3 Å².